The van der Waals surface area contributed by atoms with E-state index in [1.165, 1.54) is 17.4 Å². The van der Waals surface area contributed by atoms with Crippen molar-refractivity contribution >= 4 is 17.7 Å². The van der Waals surface area contributed by atoms with Crippen molar-refractivity contribution in [2.75, 3.05) is 0 Å². The van der Waals surface area contributed by atoms with Gasteiger partial charge >= 0.3 is 12.1 Å². The summed E-state index contributed by atoms with van der Waals surface area (Å²) < 4.78 is 11.7. The predicted octanol–water partition coefficient (Wildman–Crippen LogP) is 2.36. The number of alkyl carbamates (subject to hydrolysis) is 1. The van der Waals surface area contributed by atoms with Gasteiger partial charge in [-0.05, 0) is 31.0 Å². The van der Waals surface area contributed by atoms with Gasteiger partial charge in [0, 0.05) is 12.3 Å². The van der Waals surface area contributed by atoms with Crippen LogP contribution < -0.4 is 10.9 Å². The van der Waals surface area contributed by atoms with Gasteiger partial charge in [0.05, 0.1) is 5.69 Å². The summed E-state index contributed by atoms with van der Waals surface area (Å²) in [5.74, 6) is -0.660. The number of pyridine rings is 1. The van der Waals surface area contributed by atoms with Crippen LogP contribution in [0.4, 0.5) is 4.79 Å². The third-order valence-corrected chi connectivity index (χ3v) is 4.12. The van der Waals surface area contributed by atoms with Crippen molar-refractivity contribution in [2.45, 2.75) is 33.1 Å². The number of benzene rings is 1. The first-order valence-electron chi connectivity index (χ1n) is 9.05. The van der Waals surface area contributed by atoms with Crippen molar-refractivity contribution in [1.82, 2.24) is 14.7 Å². The zero-order chi connectivity index (χ0) is 20.8. The summed E-state index contributed by atoms with van der Waals surface area (Å²) in [6, 6.07) is 13.1. The van der Waals surface area contributed by atoms with E-state index in [1.807, 2.05) is 43.3 Å². The number of carbonyl (C=O) groups is 2. The Morgan fingerprint density at radius 2 is 1.86 bits per heavy atom. The highest BCUT2D eigenvalue weighted by molar-refractivity contribution is 5.80. The second-order valence-corrected chi connectivity index (χ2v) is 6.56. The van der Waals surface area contributed by atoms with Crippen molar-refractivity contribution in [3.63, 3.8) is 0 Å². The summed E-state index contributed by atoms with van der Waals surface area (Å²) in [4.78, 5) is 40.4. The molecule has 0 aliphatic heterocycles. The quantitative estimate of drug-likeness (QED) is 0.644. The third-order valence-electron chi connectivity index (χ3n) is 4.12. The fourth-order valence-corrected chi connectivity index (χ4v) is 2.60. The van der Waals surface area contributed by atoms with Gasteiger partial charge in [-0.1, -0.05) is 36.4 Å². The maximum atomic E-state index is 12.2. The Bertz CT molecular complexity index is 1080. The number of ether oxygens (including phenoxy) is 2. The van der Waals surface area contributed by atoms with Crippen LogP contribution in [0.5, 0.6) is 0 Å². The van der Waals surface area contributed by atoms with Crippen LogP contribution in [0.2, 0.25) is 0 Å². The molecule has 0 radical (unpaired) electrons. The molecule has 1 aromatic carbocycles. The van der Waals surface area contributed by atoms with E-state index in [0.29, 0.717) is 11.3 Å². The monoisotopic (exact) mass is 395 g/mol. The van der Waals surface area contributed by atoms with Crippen molar-refractivity contribution in [3.05, 3.63) is 81.9 Å². The Morgan fingerprint density at radius 3 is 2.62 bits per heavy atom. The highest BCUT2D eigenvalue weighted by Gasteiger charge is 2.18. The smallest absolute Gasteiger partial charge is 0.408 e. The number of hydrogen-bond donors (Lipinski definition) is 1. The Morgan fingerprint density at radius 1 is 1.10 bits per heavy atom. The van der Waals surface area contributed by atoms with E-state index in [1.54, 1.807) is 12.3 Å². The van der Waals surface area contributed by atoms with Gasteiger partial charge in [0.1, 0.15) is 24.9 Å². The summed E-state index contributed by atoms with van der Waals surface area (Å²) in [7, 11) is 0. The molecule has 3 aromatic rings. The molecule has 1 N–H and O–H groups in total. The van der Waals surface area contributed by atoms with Gasteiger partial charge in [0.2, 0.25) is 0 Å². The van der Waals surface area contributed by atoms with E-state index in [9.17, 15) is 14.4 Å². The summed E-state index contributed by atoms with van der Waals surface area (Å²) in [5, 5.41) is 2.41. The fraction of sp³-hybridized carbons (Fsp3) is 0.238. The molecule has 1 unspecified atom stereocenters. The summed E-state index contributed by atoms with van der Waals surface area (Å²) in [5.41, 5.74) is 2.29. The Balaban J connectivity index is 1.52. The van der Waals surface area contributed by atoms with Crippen molar-refractivity contribution < 1.29 is 19.1 Å². The Hall–Kier alpha value is -3.68. The number of rotatable bonds is 6. The zero-order valence-corrected chi connectivity index (χ0v) is 16.1. The first-order chi connectivity index (χ1) is 13.9. The molecule has 0 aliphatic carbocycles. The molecule has 150 valence electrons. The molecule has 2 heterocycles. The van der Waals surface area contributed by atoms with E-state index in [4.69, 9.17) is 9.47 Å². The number of hydrogen-bond acceptors (Lipinski definition) is 6. The molecular weight excluding hydrogens is 374 g/mol. The van der Waals surface area contributed by atoms with Gasteiger partial charge in [-0.15, -0.1) is 0 Å². The number of esters is 1. The molecule has 1 atom stereocenters. The molecule has 0 fully saturated rings. The minimum atomic E-state index is -0.914. The number of aryl methyl sites for hydroxylation is 1. The first kappa shape index (κ1) is 20.1. The topological polar surface area (TPSA) is 99.0 Å². The second kappa shape index (κ2) is 9.01. The molecule has 0 saturated carbocycles. The maximum absolute atomic E-state index is 12.2. The standard InChI is InChI=1S/C21H21N3O5/c1-14-8-9-18-23-17(10-19(25)24(18)11-14)13-28-20(26)15(2)22-21(27)29-12-16-6-4-3-5-7-16/h3-11,15H,12-13H2,1-2H3,(H,22,27). The molecular formula is C21H21N3O5. The van der Waals surface area contributed by atoms with Crippen molar-refractivity contribution in [3.8, 4) is 0 Å². The summed E-state index contributed by atoms with van der Waals surface area (Å²) in [6.45, 7) is 3.28. The lowest BCUT2D eigenvalue weighted by Crippen LogP contribution is -2.39. The van der Waals surface area contributed by atoms with Gasteiger partial charge in [0.15, 0.2) is 0 Å². The van der Waals surface area contributed by atoms with Crippen LogP contribution in [-0.4, -0.2) is 27.5 Å². The molecule has 0 saturated heterocycles. The second-order valence-electron chi connectivity index (χ2n) is 6.56. The van der Waals surface area contributed by atoms with Crippen molar-refractivity contribution in [2.24, 2.45) is 0 Å². The third kappa shape index (κ3) is 5.41. The lowest BCUT2D eigenvalue weighted by Gasteiger charge is -2.13. The number of amides is 1. The van der Waals surface area contributed by atoms with Crippen LogP contribution in [-0.2, 0) is 27.5 Å². The van der Waals surface area contributed by atoms with Crippen LogP contribution >= 0.6 is 0 Å². The average Bonchev–Trinajstić information content (AvgIpc) is 2.71. The molecule has 8 heteroatoms. The van der Waals surface area contributed by atoms with Gasteiger partial charge in [-0.25, -0.2) is 14.6 Å². The van der Waals surface area contributed by atoms with E-state index in [2.05, 4.69) is 10.3 Å². The first-order valence-corrected chi connectivity index (χ1v) is 9.05. The largest absolute Gasteiger partial charge is 0.458 e. The normalized spacial score (nSPS) is 11.7. The number of nitrogens with zero attached hydrogens (tertiary/aromatic N) is 2. The highest BCUT2D eigenvalue weighted by Crippen LogP contribution is 2.05. The molecule has 0 aliphatic rings. The van der Waals surface area contributed by atoms with Crippen LogP contribution in [0.25, 0.3) is 5.65 Å². The van der Waals surface area contributed by atoms with Gasteiger partial charge < -0.3 is 14.8 Å². The fourth-order valence-electron chi connectivity index (χ4n) is 2.60. The van der Waals surface area contributed by atoms with E-state index in [0.717, 1.165) is 11.1 Å². The van der Waals surface area contributed by atoms with Gasteiger partial charge in [0.25, 0.3) is 5.56 Å². The molecule has 2 aromatic heterocycles. The number of aromatic nitrogens is 2. The van der Waals surface area contributed by atoms with Crippen molar-refractivity contribution in [1.29, 1.82) is 0 Å². The van der Waals surface area contributed by atoms with Gasteiger partial charge in [-0.2, -0.15) is 0 Å². The minimum absolute atomic E-state index is 0.0961. The Labute approximate surface area is 167 Å². The number of nitrogens with one attached hydrogen (secondary N) is 1. The van der Waals surface area contributed by atoms with Crippen LogP contribution in [0.3, 0.4) is 0 Å². The van der Waals surface area contributed by atoms with Crippen LogP contribution in [0.1, 0.15) is 23.7 Å². The summed E-state index contributed by atoms with van der Waals surface area (Å²) >= 11 is 0. The van der Waals surface area contributed by atoms with E-state index in [-0.39, 0.29) is 18.8 Å². The molecule has 0 bridgehead atoms. The van der Waals surface area contributed by atoms with Gasteiger partial charge in [-0.3, -0.25) is 9.20 Å². The molecule has 3 rings (SSSR count). The SMILES string of the molecule is Cc1ccc2nc(COC(=O)C(C)NC(=O)OCc3ccccc3)cc(=O)n2c1. The van der Waals surface area contributed by atoms with Crippen LogP contribution in [0.15, 0.2) is 59.5 Å². The zero-order valence-electron chi connectivity index (χ0n) is 16.1. The molecule has 0 spiro atoms. The number of carbonyl (C=O) groups excluding carboxylic acids is 2. The van der Waals surface area contributed by atoms with Crippen LogP contribution in [0, 0.1) is 6.92 Å². The maximum Gasteiger partial charge on any atom is 0.408 e. The lowest BCUT2D eigenvalue weighted by molar-refractivity contribution is -0.147. The Kier molecular flexibility index (Phi) is 6.23. The predicted molar refractivity (Wildman–Crippen MR) is 105 cm³/mol. The average molecular weight is 395 g/mol. The number of fused-ring (bicyclic) bond motifs is 1. The highest BCUT2D eigenvalue weighted by atomic mass is 16.6. The minimum Gasteiger partial charge on any atom is -0.458 e. The molecule has 1 amide bonds. The molecule has 29 heavy (non-hydrogen) atoms. The lowest BCUT2D eigenvalue weighted by atomic mass is 10.2. The molecule has 8 nitrogen and oxygen atoms in total. The summed E-state index contributed by atoms with van der Waals surface area (Å²) in [6.07, 6.45) is 0.962. The van der Waals surface area contributed by atoms with E-state index >= 15 is 0 Å². The van der Waals surface area contributed by atoms with E-state index < -0.39 is 18.1 Å².